The van der Waals surface area contributed by atoms with Crippen LogP contribution >= 0.6 is 0 Å². The summed E-state index contributed by atoms with van der Waals surface area (Å²) in [5.41, 5.74) is 5.97. The fourth-order valence-electron chi connectivity index (χ4n) is 1.99. The van der Waals surface area contributed by atoms with E-state index in [-0.39, 0.29) is 18.3 Å². The molecule has 0 aliphatic carbocycles. The molecule has 2 rings (SSSR count). The Bertz CT molecular complexity index is 739. The molecule has 0 unspecified atom stereocenters. The monoisotopic (exact) mass is 312 g/mol. The van der Waals surface area contributed by atoms with E-state index in [2.05, 4.69) is 10.5 Å². The number of hydrogen-bond acceptors (Lipinski definition) is 4. The van der Waals surface area contributed by atoms with Crippen molar-refractivity contribution in [2.45, 2.75) is 20.8 Å². The molecule has 0 spiro atoms. The summed E-state index contributed by atoms with van der Waals surface area (Å²) < 4.78 is 5.49. The van der Waals surface area contributed by atoms with Crippen molar-refractivity contribution in [3.05, 3.63) is 58.7 Å². The molecule has 0 aliphatic rings. The van der Waals surface area contributed by atoms with Crippen molar-refractivity contribution in [3.8, 4) is 11.5 Å². The van der Waals surface area contributed by atoms with E-state index in [1.807, 2.05) is 45.0 Å². The van der Waals surface area contributed by atoms with Gasteiger partial charge in [0.05, 0.1) is 6.21 Å². The van der Waals surface area contributed by atoms with Gasteiger partial charge in [-0.3, -0.25) is 4.79 Å². The lowest BCUT2D eigenvalue weighted by Crippen LogP contribution is -2.24. The number of phenolic OH excluding ortho intramolecular Hbond substituents is 1. The minimum atomic E-state index is -0.367. The van der Waals surface area contributed by atoms with Crippen LogP contribution in [-0.4, -0.2) is 23.8 Å². The first-order valence-corrected chi connectivity index (χ1v) is 7.28. The maximum Gasteiger partial charge on any atom is 0.277 e. The normalized spacial score (nSPS) is 10.7. The predicted molar refractivity (Wildman–Crippen MR) is 90.0 cm³/mol. The van der Waals surface area contributed by atoms with Crippen molar-refractivity contribution in [2.75, 3.05) is 6.61 Å². The third-order valence-corrected chi connectivity index (χ3v) is 3.49. The Labute approximate surface area is 135 Å². The molecule has 0 heterocycles. The van der Waals surface area contributed by atoms with Gasteiger partial charge >= 0.3 is 0 Å². The van der Waals surface area contributed by atoms with E-state index in [4.69, 9.17) is 4.74 Å². The topological polar surface area (TPSA) is 70.9 Å². The minimum absolute atomic E-state index is 0.120. The summed E-state index contributed by atoms with van der Waals surface area (Å²) in [6.07, 6.45) is 1.39. The van der Waals surface area contributed by atoms with Gasteiger partial charge in [0, 0.05) is 5.56 Å². The number of hydrogen-bond donors (Lipinski definition) is 2. The quantitative estimate of drug-likeness (QED) is 0.659. The number of ether oxygens (including phenoxy) is 1. The smallest absolute Gasteiger partial charge is 0.277 e. The van der Waals surface area contributed by atoms with Crippen LogP contribution in [0.1, 0.15) is 22.3 Å². The summed E-state index contributed by atoms with van der Waals surface area (Å²) in [5.74, 6) is 0.434. The Morgan fingerprint density at radius 2 is 2.04 bits per heavy atom. The molecule has 5 heteroatoms. The SMILES string of the molecule is Cc1ccc(C=NNC(=O)COc2cccc(C)c2C)c(O)c1. The zero-order valence-electron chi connectivity index (χ0n) is 13.5. The number of aromatic hydroxyl groups is 1. The molecule has 0 fully saturated rings. The number of hydrazone groups is 1. The highest BCUT2D eigenvalue weighted by Gasteiger charge is 2.05. The molecule has 2 aromatic rings. The third-order valence-electron chi connectivity index (χ3n) is 3.49. The molecule has 2 N–H and O–H groups in total. The standard InChI is InChI=1S/C18H20N2O3/c1-12-7-8-15(16(21)9-12)10-19-20-18(22)11-23-17-6-4-5-13(2)14(17)3/h4-10,21H,11H2,1-3H3,(H,20,22). The maximum absolute atomic E-state index is 11.7. The molecule has 0 aliphatic heterocycles. The van der Waals surface area contributed by atoms with Gasteiger partial charge in [0.15, 0.2) is 6.61 Å². The minimum Gasteiger partial charge on any atom is -0.507 e. The van der Waals surface area contributed by atoms with Gasteiger partial charge in [-0.25, -0.2) is 5.43 Å². The van der Waals surface area contributed by atoms with E-state index in [0.29, 0.717) is 11.3 Å². The van der Waals surface area contributed by atoms with Crippen LogP contribution in [0.4, 0.5) is 0 Å². The molecule has 1 amide bonds. The van der Waals surface area contributed by atoms with Crippen molar-refractivity contribution in [3.63, 3.8) is 0 Å². The highest BCUT2D eigenvalue weighted by atomic mass is 16.5. The molecule has 5 nitrogen and oxygen atoms in total. The molecular formula is C18H20N2O3. The number of rotatable bonds is 5. The van der Waals surface area contributed by atoms with Crippen LogP contribution in [0.5, 0.6) is 11.5 Å². The molecule has 0 radical (unpaired) electrons. The van der Waals surface area contributed by atoms with Crippen LogP contribution in [0.3, 0.4) is 0 Å². The Hall–Kier alpha value is -2.82. The highest BCUT2D eigenvalue weighted by molar-refractivity contribution is 5.85. The molecule has 0 bridgehead atoms. The maximum atomic E-state index is 11.7. The lowest BCUT2D eigenvalue weighted by Gasteiger charge is -2.09. The average Bonchev–Trinajstić information content (AvgIpc) is 2.51. The fourth-order valence-corrected chi connectivity index (χ4v) is 1.99. The lowest BCUT2D eigenvalue weighted by molar-refractivity contribution is -0.123. The summed E-state index contributed by atoms with van der Waals surface area (Å²) in [5, 5.41) is 13.6. The van der Waals surface area contributed by atoms with E-state index < -0.39 is 0 Å². The molecule has 0 atom stereocenters. The Kier molecular flexibility index (Phi) is 5.36. The number of phenols is 1. The van der Waals surface area contributed by atoms with E-state index in [9.17, 15) is 9.90 Å². The summed E-state index contributed by atoms with van der Waals surface area (Å²) in [6.45, 7) is 5.69. The van der Waals surface area contributed by atoms with Crippen molar-refractivity contribution in [2.24, 2.45) is 5.10 Å². The van der Waals surface area contributed by atoms with Gasteiger partial charge in [-0.05, 0) is 55.7 Å². The second-order valence-corrected chi connectivity index (χ2v) is 5.34. The first kappa shape index (κ1) is 16.5. The number of aryl methyl sites for hydroxylation is 2. The van der Waals surface area contributed by atoms with Crippen molar-refractivity contribution in [1.82, 2.24) is 5.43 Å². The summed E-state index contributed by atoms with van der Waals surface area (Å²) in [4.78, 5) is 11.7. The van der Waals surface area contributed by atoms with Crippen molar-refractivity contribution >= 4 is 12.1 Å². The predicted octanol–water partition coefficient (Wildman–Crippen LogP) is 2.85. The van der Waals surface area contributed by atoms with E-state index in [0.717, 1.165) is 16.7 Å². The number of amides is 1. The molecule has 0 saturated heterocycles. The number of carbonyl (C=O) groups is 1. The van der Waals surface area contributed by atoms with Crippen LogP contribution in [0.2, 0.25) is 0 Å². The molecular weight excluding hydrogens is 292 g/mol. The van der Waals surface area contributed by atoms with Crippen LogP contribution in [0, 0.1) is 20.8 Å². The van der Waals surface area contributed by atoms with Crippen LogP contribution in [0.15, 0.2) is 41.5 Å². The number of carbonyl (C=O) groups excluding carboxylic acids is 1. The van der Waals surface area contributed by atoms with E-state index in [1.54, 1.807) is 12.1 Å². The van der Waals surface area contributed by atoms with Gasteiger partial charge < -0.3 is 9.84 Å². The van der Waals surface area contributed by atoms with Gasteiger partial charge in [-0.1, -0.05) is 18.2 Å². The fraction of sp³-hybridized carbons (Fsp3) is 0.222. The van der Waals surface area contributed by atoms with Gasteiger partial charge in [0.25, 0.3) is 5.91 Å². The van der Waals surface area contributed by atoms with Crippen LogP contribution in [-0.2, 0) is 4.79 Å². The van der Waals surface area contributed by atoms with Crippen LogP contribution < -0.4 is 10.2 Å². The summed E-state index contributed by atoms with van der Waals surface area (Å²) >= 11 is 0. The second kappa shape index (κ2) is 7.45. The zero-order valence-corrected chi connectivity index (χ0v) is 13.5. The summed E-state index contributed by atoms with van der Waals surface area (Å²) in [7, 11) is 0. The Morgan fingerprint density at radius 3 is 2.78 bits per heavy atom. The van der Waals surface area contributed by atoms with Gasteiger partial charge in [-0.2, -0.15) is 5.10 Å². The summed E-state index contributed by atoms with van der Waals surface area (Å²) in [6, 6.07) is 10.9. The number of benzene rings is 2. The zero-order chi connectivity index (χ0) is 16.8. The van der Waals surface area contributed by atoms with E-state index >= 15 is 0 Å². The van der Waals surface area contributed by atoms with Crippen molar-refractivity contribution < 1.29 is 14.6 Å². The molecule has 0 saturated carbocycles. The van der Waals surface area contributed by atoms with Crippen molar-refractivity contribution in [1.29, 1.82) is 0 Å². The first-order chi connectivity index (χ1) is 11.0. The average molecular weight is 312 g/mol. The Morgan fingerprint density at radius 1 is 1.26 bits per heavy atom. The van der Waals surface area contributed by atoms with Gasteiger partial charge in [0.2, 0.25) is 0 Å². The van der Waals surface area contributed by atoms with Gasteiger partial charge in [-0.15, -0.1) is 0 Å². The number of nitrogens with zero attached hydrogens (tertiary/aromatic N) is 1. The Balaban J connectivity index is 1.87. The first-order valence-electron chi connectivity index (χ1n) is 7.28. The number of nitrogens with one attached hydrogen (secondary N) is 1. The highest BCUT2D eigenvalue weighted by Crippen LogP contribution is 2.20. The second-order valence-electron chi connectivity index (χ2n) is 5.34. The molecule has 120 valence electrons. The van der Waals surface area contributed by atoms with E-state index in [1.165, 1.54) is 6.21 Å². The molecule has 0 aromatic heterocycles. The molecule has 2 aromatic carbocycles. The van der Waals surface area contributed by atoms with Crippen LogP contribution in [0.25, 0.3) is 0 Å². The lowest BCUT2D eigenvalue weighted by atomic mass is 10.1. The van der Waals surface area contributed by atoms with Gasteiger partial charge in [0.1, 0.15) is 11.5 Å². The third kappa shape index (κ3) is 4.57. The largest absolute Gasteiger partial charge is 0.507 e. The molecule has 23 heavy (non-hydrogen) atoms.